The zero-order chi connectivity index (χ0) is 31.6. The summed E-state index contributed by atoms with van der Waals surface area (Å²) in [6.45, 7) is 10.9. The van der Waals surface area contributed by atoms with Gasteiger partial charge in [-0.25, -0.2) is 4.79 Å². The SMILES string of the molecule is C=CCNc1c(O)cc2c(O)c1C[C@@H](C)C[C@H](OC)C(=O)[C@@H](C)/C=C(\C)[C@H](OC(N)=O)[C@@H](OC)/C=C\C=C(/C)C(=O)N2. The van der Waals surface area contributed by atoms with E-state index in [4.69, 9.17) is 19.9 Å². The molecule has 2 amide bonds. The second-order valence-corrected chi connectivity index (χ2v) is 10.4. The maximum Gasteiger partial charge on any atom is 0.405 e. The van der Waals surface area contributed by atoms with E-state index in [0.717, 1.165) is 0 Å². The number of rotatable bonds is 6. The topological polar surface area (TPSA) is 169 Å². The molecule has 1 aromatic rings. The van der Waals surface area contributed by atoms with Crippen molar-refractivity contribution in [2.45, 2.75) is 58.8 Å². The molecular weight excluding hydrogens is 542 g/mol. The lowest BCUT2D eigenvalue weighted by Crippen LogP contribution is -2.35. The number of carbonyl (C=O) groups excluding carboxylic acids is 3. The summed E-state index contributed by atoms with van der Waals surface area (Å²) in [5.74, 6) is -1.91. The van der Waals surface area contributed by atoms with Gasteiger partial charge in [-0.1, -0.05) is 44.2 Å². The summed E-state index contributed by atoms with van der Waals surface area (Å²) < 4.78 is 16.5. The molecule has 0 aromatic heterocycles. The predicted molar refractivity (Wildman–Crippen MR) is 161 cm³/mol. The van der Waals surface area contributed by atoms with Gasteiger partial charge in [-0.2, -0.15) is 0 Å². The third kappa shape index (κ3) is 8.95. The fourth-order valence-electron chi connectivity index (χ4n) is 4.82. The van der Waals surface area contributed by atoms with Crippen molar-refractivity contribution in [2.24, 2.45) is 17.6 Å². The van der Waals surface area contributed by atoms with Crippen LogP contribution in [-0.2, 0) is 30.2 Å². The third-order valence-corrected chi connectivity index (χ3v) is 7.05. The zero-order valence-corrected chi connectivity index (χ0v) is 25.1. The largest absolute Gasteiger partial charge is 0.506 e. The molecule has 11 heteroatoms. The number of allylic oxidation sites excluding steroid dienone is 3. The molecule has 0 saturated heterocycles. The normalized spacial score (nSPS) is 27.5. The van der Waals surface area contributed by atoms with Crippen LogP contribution in [0.1, 0.15) is 39.7 Å². The van der Waals surface area contributed by atoms with Crippen LogP contribution in [0.3, 0.4) is 0 Å². The van der Waals surface area contributed by atoms with Crippen molar-refractivity contribution in [1.29, 1.82) is 0 Å². The summed E-state index contributed by atoms with van der Waals surface area (Å²) in [7, 11) is 2.88. The highest BCUT2D eigenvalue weighted by Gasteiger charge is 2.29. The van der Waals surface area contributed by atoms with E-state index in [-0.39, 0.29) is 40.9 Å². The number of aromatic hydroxyl groups is 2. The van der Waals surface area contributed by atoms with Crippen LogP contribution in [0.4, 0.5) is 16.2 Å². The van der Waals surface area contributed by atoms with E-state index in [2.05, 4.69) is 17.2 Å². The van der Waals surface area contributed by atoms with Gasteiger partial charge in [0.15, 0.2) is 11.9 Å². The molecule has 2 bridgehead atoms. The number of fused-ring (bicyclic) bond motifs is 2. The Bertz CT molecular complexity index is 1250. The van der Waals surface area contributed by atoms with Gasteiger partial charge in [-0.3, -0.25) is 9.59 Å². The molecular formula is C31H43N3O8. The number of carbonyl (C=O) groups is 3. The Morgan fingerprint density at radius 1 is 1.21 bits per heavy atom. The fourth-order valence-corrected chi connectivity index (χ4v) is 4.82. The van der Waals surface area contributed by atoms with Gasteiger partial charge in [0.05, 0.1) is 11.4 Å². The monoisotopic (exact) mass is 585 g/mol. The van der Waals surface area contributed by atoms with Crippen molar-refractivity contribution in [3.8, 4) is 11.5 Å². The maximum atomic E-state index is 13.4. The zero-order valence-electron chi connectivity index (χ0n) is 25.1. The molecule has 1 aliphatic heterocycles. The van der Waals surface area contributed by atoms with Crippen LogP contribution in [-0.4, -0.2) is 67.1 Å². The molecule has 0 fully saturated rings. The summed E-state index contributed by atoms with van der Waals surface area (Å²) in [5, 5.41) is 27.7. The van der Waals surface area contributed by atoms with Gasteiger partial charge in [0.1, 0.15) is 23.7 Å². The number of anilines is 2. The first-order chi connectivity index (χ1) is 19.8. The van der Waals surface area contributed by atoms with Crippen LogP contribution < -0.4 is 16.4 Å². The summed E-state index contributed by atoms with van der Waals surface area (Å²) in [6.07, 6.45) is 4.98. The molecule has 1 aliphatic rings. The standard InChI is InChI=1S/C31H43N3O8/c1-8-12-33-26-21-13-17(2)14-25(41-7)27(36)19(4)15-20(5)29(42-31(32)39)24(40-6)11-9-10-18(3)30(38)34-22(28(21)37)16-23(26)35/h8-11,15-17,19,24-25,29,33,35,37H,1,12-14H2,2-7H3,(H2,32,39)(H,34,38)/b11-9-,18-10+,20-15+/t17-,19+,24+,25+,29+/m1/s1. The molecule has 0 radical (unpaired) electrons. The summed E-state index contributed by atoms with van der Waals surface area (Å²) in [6, 6.07) is 1.27. The number of ketones is 1. The van der Waals surface area contributed by atoms with E-state index < -0.39 is 36.2 Å². The average molecular weight is 586 g/mol. The van der Waals surface area contributed by atoms with Crippen molar-refractivity contribution in [3.63, 3.8) is 0 Å². The van der Waals surface area contributed by atoms with Crippen molar-refractivity contribution >= 4 is 29.2 Å². The fraction of sp³-hybridized carbons (Fsp3) is 0.452. The summed E-state index contributed by atoms with van der Waals surface area (Å²) in [5.41, 5.74) is 6.85. The number of nitrogens with two attached hydrogens (primary N) is 1. The number of benzene rings is 1. The van der Waals surface area contributed by atoms with E-state index >= 15 is 0 Å². The minimum atomic E-state index is -1.01. The van der Waals surface area contributed by atoms with Crippen LogP contribution >= 0.6 is 0 Å². The molecule has 1 heterocycles. The van der Waals surface area contributed by atoms with Gasteiger partial charge < -0.3 is 40.8 Å². The lowest BCUT2D eigenvalue weighted by atomic mass is 9.88. The number of ether oxygens (including phenoxy) is 3. The Kier molecular flexibility index (Phi) is 12.8. The molecule has 1 aromatic carbocycles. The summed E-state index contributed by atoms with van der Waals surface area (Å²) >= 11 is 0. The average Bonchev–Trinajstić information content (AvgIpc) is 2.94. The number of amides is 2. The first-order valence-electron chi connectivity index (χ1n) is 13.7. The number of nitrogens with one attached hydrogen (secondary N) is 2. The number of hydrogen-bond acceptors (Lipinski definition) is 9. The second kappa shape index (κ2) is 15.8. The smallest absolute Gasteiger partial charge is 0.405 e. The summed E-state index contributed by atoms with van der Waals surface area (Å²) in [4.78, 5) is 38.2. The molecule has 5 atom stereocenters. The third-order valence-electron chi connectivity index (χ3n) is 7.05. The Labute approximate surface area is 247 Å². The van der Waals surface area contributed by atoms with Crippen molar-refractivity contribution in [1.82, 2.24) is 0 Å². The van der Waals surface area contributed by atoms with Crippen molar-refractivity contribution < 1.29 is 38.8 Å². The number of hydrogen-bond donors (Lipinski definition) is 5. The van der Waals surface area contributed by atoms with E-state index in [1.807, 2.05) is 6.92 Å². The van der Waals surface area contributed by atoms with E-state index in [0.29, 0.717) is 29.8 Å². The van der Waals surface area contributed by atoms with Gasteiger partial charge in [0.25, 0.3) is 5.91 Å². The number of methoxy groups -OCH3 is 2. The molecule has 0 aliphatic carbocycles. The van der Waals surface area contributed by atoms with Gasteiger partial charge in [-0.15, -0.1) is 6.58 Å². The molecule has 230 valence electrons. The van der Waals surface area contributed by atoms with Gasteiger partial charge in [-0.05, 0) is 38.2 Å². The molecule has 11 nitrogen and oxygen atoms in total. The first-order valence-corrected chi connectivity index (χ1v) is 13.7. The van der Waals surface area contributed by atoms with Crippen LogP contribution in [0.2, 0.25) is 0 Å². The highest BCUT2D eigenvalue weighted by atomic mass is 16.6. The lowest BCUT2D eigenvalue weighted by Gasteiger charge is -2.26. The maximum absolute atomic E-state index is 13.4. The highest BCUT2D eigenvalue weighted by Crippen LogP contribution is 2.42. The highest BCUT2D eigenvalue weighted by molar-refractivity contribution is 6.05. The quantitative estimate of drug-likeness (QED) is 0.185. The lowest BCUT2D eigenvalue weighted by molar-refractivity contribution is -0.132. The molecule has 0 unspecified atom stereocenters. The minimum absolute atomic E-state index is 0.0241. The second-order valence-electron chi connectivity index (χ2n) is 10.4. The number of phenols is 2. The van der Waals surface area contributed by atoms with Crippen molar-refractivity contribution in [2.75, 3.05) is 31.4 Å². The number of primary amides is 1. The Morgan fingerprint density at radius 2 is 1.90 bits per heavy atom. The number of Topliss-reactive ketones (excluding diaryl/α,β-unsaturated/α-hetero) is 1. The van der Waals surface area contributed by atoms with E-state index in [1.165, 1.54) is 26.4 Å². The van der Waals surface area contributed by atoms with E-state index in [9.17, 15) is 24.6 Å². The van der Waals surface area contributed by atoms with E-state index in [1.54, 1.807) is 45.1 Å². The van der Waals surface area contributed by atoms with Crippen LogP contribution in [0.25, 0.3) is 0 Å². The Hall–Kier alpha value is -4.09. The Morgan fingerprint density at radius 3 is 2.50 bits per heavy atom. The van der Waals surface area contributed by atoms with Gasteiger partial charge >= 0.3 is 6.09 Å². The molecule has 0 spiro atoms. The van der Waals surface area contributed by atoms with Crippen LogP contribution in [0, 0.1) is 11.8 Å². The predicted octanol–water partition coefficient (Wildman–Crippen LogP) is 4.36. The van der Waals surface area contributed by atoms with Crippen LogP contribution in [0.5, 0.6) is 11.5 Å². The van der Waals surface area contributed by atoms with Crippen LogP contribution in [0.15, 0.2) is 54.2 Å². The minimum Gasteiger partial charge on any atom is -0.506 e. The van der Waals surface area contributed by atoms with Gasteiger partial charge in [0.2, 0.25) is 0 Å². The molecule has 0 saturated carbocycles. The molecule has 6 N–H and O–H groups in total. The van der Waals surface area contributed by atoms with Crippen molar-refractivity contribution in [3.05, 3.63) is 59.7 Å². The van der Waals surface area contributed by atoms with Gasteiger partial charge in [0, 0.05) is 43.9 Å². The Balaban J connectivity index is 2.68. The molecule has 2 rings (SSSR count). The first kappa shape index (κ1) is 34.1. The molecule has 42 heavy (non-hydrogen) atoms. The number of phenolic OH excluding ortho intramolecular Hbond substituents is 2.